The maximum atomic E-state index is 5.57. The standard InChI is InChI=1S/C10H15NO/c1-3-10(12-2)8-4-6-9(11)7-5-8/h4-7,10H,3,11H2,1-2H3/t10-/m1/s1. The third-order valence-electron chi connectivity index (χ3n) is 1.96. The lowest BCUT2D eigenvalue weighted by Gasteiger charge is -2.12. The summed E-state index contributed by atoms with van der Waals surface area (Å²) in [6.45, 7) is 2.10. The zero-order valence-corrected chi connectivity index (χ0v) is 7.58. The van der Waals surface area contributed by atoms with E-state index in [4.69, 9.17) is 10.5 Å². The second-order valence-corrected chi connectivity index (χ2v) is 2.80. The summed E-state index contributed by atoms with van der Waals surface area (Å²) >= 11 is 0. The van der Waals surface area contributed by atoms with Gasteiger partial charge < -0.3 is 10.5 Å². The second kappa shape index (κ2) is 4.12. The van der Waals surface area contributed by atoms with E-state index >= 15 is 0 Å². The normalized spacial score (nSPS) is 12.8. The van der Waals surface area contributed by atoms with Gasteiger partial charge in [0.25, 0.3) is 0 Å². The van der Waals surface area contributed by atoms with Crippen LogP contribution in [0.3, 0.4) is 0 Å². The highest BCUT2D eigenvalue weighted by Gasteiger charge is 2.05. The lowest BCUT2D eigenvalue weighted by Crippen LogP contribution is -1.99. The van der Waals surface area contributed by atoms with Crippen molar-refractivity contribution in [3.8, 4) is 0 Å². The highest BCUT2D eigenvalue weighted by Crippen LogP contribution is 2.20. The van der Waals surface area contributed by atoms with E-state index in [2.05, 4.69) is 6.92 Å². The van der Waals surface area contributed by atoms with Crippen molar-refractivity contribution in [3.63, 3.8) is 0 Å². The molecule has 0 aromatic heterocycles. The largest absolute Gasteiger partial charge is 0.399 e. The van der Waals surface area contributed by atoms with Crippen molar-refractivity contribution in [3.05, 3.63) is 29.8 Å². The van der Waals surface area contributed by atoms with Crippen LogP contribution < -0.4 is 5.73 Å². The smallest absolute Gasteiger partial charge is 0.0818 e. The van der Waals surface area contributed by atoms with Gasteiger partial charge in [-0.1, -0.05) is 19.1 Å². The Morgan fingerprint density at radius 3 is 2.33 bits per heavy atom. The monoisotopic (exact) mass is 165 g/mol. The molecule has 0 spiro atoms. The maximum absolute atomic E-state index is 5.57. The topological polar surface area (TPSA) is 35.2 Å². The predicted octanol–water partition coefficient (Wildman–Crippen LogP) is 2.37. The van der Waals surface area contributed by atoms with Gasteiger partial charge in [0.05, 0.1) is 6.10 Å². The highest BCUT2D eigenvalue weighted by atomic mass is 16.5. The summed E-state index contributed by atoms with van der Waals surface area (Å²) < 4.78 is 5.28. The van der Waals surface area contributed by atoms with Crippen LogP contribution in [0.25, 0.3) is 0 Å². The van der Waals surface area contributed by atoms with Crippen LogP contribution in [-0.4, -0.2) is 7.11 Å². The quantitative estimate of drug-likeness (QED) is 0.698. The molecule has 0 heterocycles. The van der Waals surface area contributed by atoms with Gasteiger partial charge in [-0.25, -0.2) is 0 Å². The first kappa shape index (κ1) is 9.07. The van der Waals surface area contributed by atoms with Crippen molar-refractivity contribution in [2.75, 3.05) is 12.8 Å². The van der Waals surface area contributed by atoms with Gasteiger partial charge in [0.1, 0.15) is 0 Å². The molecule has 2 nitrogen and oxygen atoms in total. The average Bonchev–Trinajstić information content (AvgIpc) is 2.10. The van der Waals surface area contributed by atoms with Gasteiger partial charge in [-0.3, -0.25) is 0 Å². The van der Waals surface area contributed by atoms with E-state index in [1.165, 1.54) is 5.56 Å². The molecule has 66 valence electrons. The van der Waals surface area contributed by atoms with Crippen molar-refractivity contribution < 1.29 is 4.74 Å². The van der Waals surface area contributed by atoms with Crippen molar-refractivity contribution >= 4 is 5.69 Å². The summed E-state index contributed by atoms with van der Waals surface area (Å²) in [5.74, 6) is 0. The number of nitrogen functional groups attached to an aromatic ring is 1. The lowest BCUT2D eigenvalue weighted by molar-refractivity contribution is 0.100. The molecule has 12 heavy (non-hydrogen) atoms. The molecule has 0 bridgehead atoms. The van der Waals surface area contributed by atoms with Gasteiger partial charge >= 0.3 is 0 Å². The zero-order chi connectivity index (χ0) is 8.97. The molecule has 0 radical (unpaired) electrons. The summed E-state index contributed by atoms with van der Waals surface area (Å²) in [6.07, 6.45) is 1.19. The van der Waals surface area contributed by atoms with E-state index < -0.39 is 0 Å². The Morgan fingerprint density at radius 1 is 1.33 bits per heavy atom. The van der Waals surface area contributed by atoms with Gasteiger partial charge in [-0.15, -0.1) is 0 Å². The summed E-state index contributed by atoms with van der Waals surface area (Å²) in [4.78, 5) is 0. The molecule has 0 aliphatic rings. The number of benzene rings is 1. The molecule has 0 unspecified atom stereocenters. The van der Waals surface area contributed by atoms with E-state index in [-0.39, 0.29) is 6.10 Å². The lowest BCUT2D eigenvalue weighted by atomic mass is 10.1. The van der Waals surface area contributed by atoms with Crippen LogP contribution in [0, 0.1) is 0 Å². The SMILES string of the molecule is CC[C@@H](OC)c1ccc(N)cc1. The Kier molecular flexibility index (Phi) is 3.11. The van der Waals surface area contributed by atoms with Gasteiger partial charge in [-0.2, -0.15) is 0 Å². The molecular formula is C10H15NO. The average molecular weight is 165 g/mol. The third-order valence-corrected chi connectivity index (χ3v) is 1.96. The Morgan fingerprint density at radius 2 is 1.92 bits per heavy atom. The van der Waals surface area contributed by atoms with Crippen molar-refractivity contribution in [2.24, 2.45) is 0 Å². The van der Waals surface area contributed by atoms with Gasteiger partial charge in [-0.05, 0) is 24.1 Å². The fourth-order valence-corrected chi connectivity index (χ4v) is 1.25. The molecule has 2 N–H and O–H groups in total. The number of hydrogen-bond donors (Lipinski definition) is 1. The molecule has 1 atom stereocenters. The van der Waals surface area contributed by atoms with Crippen LogP contribution in [-0.2, 0) is 4.74 Å². The van der Waals surface area contributed by atoms with Gasteiger partial charge in [0.2, 0.25) is 0 Å². The fourth-order valence-electron chi connectivity index (χ4n) is 1.25. The molecule has 1 aromatic rings. The van der Waals surface area contributed by atoms with Crippen LogP contribution in [0.15, 0.2) is 24.3 Å². The first-order valence-electron chi connectivity index (χ1n) is 4.16. The molecule has 0 aliphatic heterocycles. The molecule has 0 saturated heterocycles. The fraction of sp³-hybridized carbons (Fsp3) is 0.400. The van der Waals surface area contributed by atoms with E-state index in [0.717, 1.165) is 12.1 Å². The molecule has 0 saturated carbocycles. The van der Waals surface area contributed by atoms with E-state index in [0.29, 0.717) is 0 Å². The number of ether oxygens (including phenoxy) is 1. The van der Waals surface area contributed by atoms with E-state index in [9.17, 15) is 0 Å². The van der Waals surface area contributed by atoms with Crippen LogP contribution in [0.2, 0.25) is 0 Å². The summed E-state index contributed by atoms with van der Waals surface area (Å²) in [5.41, 5.74) is 7.55. The van der Waals surface area contributed by atoms with E-state index in [1.54, 1.807) is 7.11 Å². The van der Waals surface area contributed by atoms with E-state index in [1.807, 2.05) is 24.3 Å². The van der Waals surface area contributed by atoms with Crippen LogP contribution >= 0.6 is 0 Å². The second-order valence-electron chi connectivity index (χ2n) is 2.80. The molecule has 2 heteroatoms. The zero-order valence-electron chi connectivity index (χ0n) is 7.58. The first-order valence-corrected chi connectivity index (χ1v) is 4.16. The minimum Gasteiger partial charge on any atom is -0.399 e. The Labute approximate surface area is 73.3 Å². The first-order chi connectivity index (χ1) is 5.77. The van der Waals surface area contributed by atoms with Crippen molar-refractivity contribution in [1.29, 1.82) is 0 Å². The number of hydrogen-bond acceptors (Lipinski definition) is 2. The maximum Gasteiger partial charge on any atom is 0.0818 e. The molecule has 0 fully saturated rings. The van der Waals surface area contributed by atoms with Crippen LogP contribution in [0.1, 0.15) is 25.0 Å². The Bertz CT molecular complexity index is 226. The minimum atomic E-state index is 0.200. The van der Waals surface area contributed by atoms with Crippen LogP contribution in [0.5, 0.6) is 0 Å². The minimum absolute atomic E-state index is 0.200. The summed E-state index contributed by atoms with van der Waals surface area (Å²) in [5, 5.41) is 0. The molecular weight excluding hydrogens is 150 g/mol. The number of rotatable bonds is 3. The Balaban J connectivity index is 2.80. The molecule has 1 aromatic carbocycles. The molecule has 0 aliphatic carbocycles. The summed E-state index contributed by atoms with van der Waals surface area (Å²) in [6, 6.07) is 7.81. The Hall–Kier alpha value is -1.02. The summed E-state index contributed by atoms with van der Waals surface area (Å²) in [7, 11) is 1.73. The molecule has 1 rings (SSSR count). The highest BCUT2D eigenvalue weighted by molar-refractivity contribution is 5.39. The number of methoxy groups -OCH3 is 1. The van der Waals surface area contributed by atoms with Crippen molar-refractivity contribution in [1.82, 2.24) is 0 Å². The number of anilines is 1. The number of nitrogens with two attached hydrogens (primary N) is 1. The predicted molar refractivity (Wildman–Crippen MR) is 50.9 cm³/mol. The molecule has 0 amide bonds. The van der Waals surface area contributed by atoms with Gasteiger partial charge in [0, 0.05) is 12.8 Å². The van der Waals surface area contributed by atoms with Crippen LogP contribution in [0.4, 0.5) is 5.69 Å². The van der Waals surface area contributed by atoms with Gasteiger partial charge in [0.15, 0.2) is 0 Å². The van der Waals surface area contributed by atoms with Crippen molar-refractivity contribution in [2.45, 2.75) is 19.4 Å². The third kappa shape index (κ3) is 1.98.